The molecule has 4 aromatic heterocycles. The van der Waals surface area contributed by atoms with Gasteiger partial charge in [0.2, 0.25) is 0 Å². The molecule has 4 N–H and O–H groups in total. The number of nitrogens with one attached hydrogen (secondary N) is 2. The molecule has 0 spiro atoms. The van der Waals surface area contributed by atoms with Crippen LogP contribution in [-0.2, 0) is 0 Å². The molecule has 36 heavy (non-hydrogen) atoms. The van der Waals surface area contributed by atoms with Crippen LogP contribution in [0, 0.1) is 5.82 Å². The predicted octanol–water partition coefficient (Wildman–Crippen LogP) is 3.57. The fourth-order valence-electron chi connectivity index (χ4n) is 3.48. The van der Waals surface area contributed by atoms with E-state index >= 15 is 0 Å². The van der Waals surface area contributed by atoms with Gasteiger partial charge in [0, 0.05) is 30.6 Å². The molecule has 5 aromatic rings. The molecule has 11 heteroatoms. The van der Waals surface area contributed by atoms with Crippen LogP contribution in [0.25, 0.3) is 34.4 Å². The molecular weight excluding hydrogens is 461 g/mol. The van der Waals surface area contributed by atoms with Crippen LogP contribution in [0.2, 0.25) is 0 Å². The van der Waals surface area contributed by atoms with Crippen molar-refractivity contribution in [1.29, 1.82) is 0 Å². The largest absolute Gasteiger partial charge is 0.384 e. The highest BCUT2D eigenvalue weighted by Crippen LogP contribution is 2.30. The number of aliphatic imine (C=N–C) groups is 1. The highest BCUT2D eigenvalue weighted by Gasteiger charge is 2.16. The lowest BCUT2D eigenvalue weighted by atomic mass is 10.1. The summed E-state index contributed by atoms with van der Waals surface area (Å²) in [7, 11) is 1.59. The van der Waals surface area contributed by atoms with Crippen LogP contribution in [0.4, 0.5) is 10.2 Å². The third-order valence-corrected chi connectivity index (χ3v) is 5.27. The maximum atomic E-state index is 13.5. The number of anilines is 1. The monoisotopic (exact) mass is 481 g/mol. The third kappa shape index (κ3) is 4.71. The third-order valence-electron chi connectivity index (χ3n) is 5.27. The van der Waals surface area contributed by atoms with Gasteiger partial charge in [0.25, 0.3) is 5.91 Å². The van der Waals surface area contributed by atoms with Gasteiger partial charge in [-0.2, -0.15) is 5.10 Å². The van der Waals surface area contributed by atoms with Gasteiger partial charge in [-0.15, -0.1) is 0 Å². The second kappa shape index (κ2) is 9.58. The first kappa shape index (κ1) is 22.6. The minimum Gasteiger partial charge on any atom is -0.384 e. The number of aromatic nitrogens is 6. The summed E-state index contributed by atoms with van der Waals surface area (Å²) >= 11 is 0. The van der Waals surface area contributed by atoms with Gasteiger partial charge >= 0.3 is 0 Å². The van der Waals surface area contributed by atoms with E-state index in [1.165, 1.54) is 12.1 Å². The van der Waals surface area contributed by atoms with Crippen molar-refractivity contribution in [1.82, 2.24) is 29.5 Å². The molecule has 0 atom stereocenters. The van der Waals surface area contributed by atoms with Crippen molar-refractivity contribution >= 4 is 29.3 Å². The Bertz CT molecular complexity index is 1600. The van der Waals surface area contributed by atoms with E-state index in [-0.39, 0.29) is 11.7 Å². The number of carbonyl (C=O) groups excluding carboxylic acids is 1. The number of amides is 1. The Balaban J connectivity index is 1.51. The summed E-state index contributed by atoms with van der Waals surface area (Å²) < 4.78 is 15.1. The van der Waals surface area contributed by atoms with Crippen molar-refractivity contribution in [3.05, 3.63) is 90.4 Å². The predicted molar refractivity (Wildman–Crippen MR) is 135 cm³/mol. The molecule has 0 unspecified atom stereocenters. The van der Waals surface area contributed by atoms with Crippen molar-refractivity contribution in [3.8, 4) is 22.6 Å². The Hall–Kier alpha value is -5.19. The van der Waals surface area contributed by atoms with Crippen LogP contribution in [-0.4, -0.2) is 48.3 Å². The molecule has 1 amide bonds. The Kier molecular flexibility index (Phi) is 6.02. The minimum absolute atomic E-state index is 0.306. The summed E-state index contributed by atoms with van der Waals surface area (Å²) in [6.07, 6.45) is 8.03. The number of hydrogen-bond donors (Lipinski definition) is 3. The number of hydrogen-bond acceptors (Lipinski definition) is 6. The molecule has 0 fully saturated rings. The van der Waals surface area contributed by atoms with Gasteiger partial charge < -0.3 is 16.0 Å². The zero-order valence-corrected chi connectivity index (χ0v) is 19.1. The fourth-order valence-corrected chi connectivity index (χ4v) is 3.48. The summed E-state index contributed by atoms with van der Waals surface area (Å²) in [4.78, 5) is 32.6. The number of nitrogens with zero attached hydrogens (tertiary/aromatic N) is 6. The zero-order valence-electron chi connectivity index (χ0n) is 19.1. The molecule has 0 aliphatic heterocycles. The Morgan fingerprint density at radius 3 is 2.64 bits per heavy atom. The van der Waals surface area contributed by atoms with E-state index in [4.69, 9.17) is 5.73 Å². The number of halogens is 1. The van der Waals surface area contributed by atoms with Gasteiger partial charge in [0.1, 0.15) is 23.2 Å². The summed E-state index contributed by atoms with van der Waals surface area (Å²) in [5.41, 5.74) is 9.24. The molecule has 0 saturated heterocycles. The lowest BCUT2D eigenvalue weighted by Crippen LogP contribution is -2.11. The van der Waals surface area contributed by atoms with Gasteiger partial charge in [-0.1, -0.05) is 0 Å². The van der Waals surface area contributed by atoms with E-state index in [9.17, 15) is 9.18 Å². The average Bonchev–Trinajstić information content (AvgIpc) is 3.51. The Morgan fingerprint density at radius 1 is 1.11 bits per heavy atom. The molecule has 10 nitrogen and oxygen atoms in total. The van der Waals surface area contributed by atoms with Crippen LogP contribution in [0.3, 0.4) is 0 Å². The summed E-state index contributed by atoms with van der Waals surface area (Å²) in [5.74, 6) is 0.564. The number of pyridine rings is 1. The Morgan fingerprint density at radius 2 is 1.89 bits per heavy atom. The average molecular weight is 481 g/mol. The number of fused-ring (bicyclic) bond motifs is 1. The van der Waals surface area contributed by atoms with Crippen LogP contribution in [0.1, 0.15) is 16.2 Å². The SMILES string of the molecule is CN=C(N)/C=C\c1nc(-c2ccc(F)cc2)c(-c2ccc3nc(NC(=O)c4ccncc4)cn3n2)[nH]1. The normalized spacial score (nSPS) is 11.9. The number of carbonyl (C=O) groups is 1. The van der Waals surface area contributed by atoms with Crippen LogP contribution >= 0.6 is 0 Å². The molecule has 0 radical (unpaired) electrons. The van der Waals surface area contributed by atoms with Crippen LogP contribution in [0.5, 0.6) is 0 Å². The maximum absolute atomic E-state index is 13.5. The molecule has 5 rings (SSSR count). The zero-order chi connectivity index (χ0) is 25.1. The smallest absolute Gasteiger partial charge is 0.256 e. The topological polar surface area (TPSA) is 139 Å². The van der Waals surface area contributed by atoms with E-state index < -0.39 is 0 Å². The maximum Gasteiger partial charge on any atom is 0.256 e. The number of nitrogens with two attached hydrogens (primary N) is 1. The van der Waals surface area contributed by atoms with Gasteiger partial charge in [0.05, 0.1) is 17.6 Å². The summed E-state index contributed by atoms with van der Waals surface area (Å²) in [6.45, 7) is 0. The molecule has 0 saturated carbocycles. The molecule has 0 bridgehead atoms. The number of aromatic amines is 1. The second-order valence-corrected chi connectivity index (χ2v) is 7.67. The number of H-pyrrole nitrogens is 1. The van der Waals surface area contributed by atoms with Gasteiger partial charge in [0.15, 0.2) is 11.5 Å². The van der Waals surface area contributed by atoms with Gasteiger partial charge in [-0.3, -0.25) is 14.8 Å². The standard InChI is InChI=1S/C25H20FN9O/c1-28-19(27)7-8-20-31-23(15-2-4-17(26)5-3-15)24(32-20)18-6-9-22-30-21(14-35(22)34-18)33-25(36)16-10-12-29-13-11-16/h2-14H,1H3,(H2,27,28)(H,31,32)(H,33,36)/b8-7-. The molecule has 178 valence electrons. The number of amidine groups is 1. The number of benzene rings is 1. The lowest BCUT2D eigenvalue weighted by molar-refractivity contribution is 0.102. The Labute approximate surface area is 204 Å². The first-order chi connectivity index (χ1) is 17.5. The van der Waals surface area contributed by atoms with Crippen LogP contribution in [0.15, 0.2) is 78.2 Å². The number of imidazole rings is 2. The van der Waals surface area contributed by atoms with E-state index in [0.717, 1.165) is 0 Å². The first-order valence-electron chi connectivity index (χ1n) is 10.8. The lowest BCUT2D eigenvalue weighted by Gasteiger charge is -2.03. The fraction of sp³-hybridized carbons (Fsp3) is 0.0400. The van der Waals surface area contributed by atoms with Crippen molar-refractivity contribution < 1.29 is 9.18 Å². The van der Waals surface area contributed by atoms with Crippen molar-refractivity contribution in [3.63, 3.8) is 0 Å². The van der Waals surface area contributed by atoms with Crippen molar-refractivity contribution in [2.45, 2.75) is 0 Å². The molecule has 1 aromatic carbocycles. The second-order valence-electron chi connectivity index (χ2n) is 7.67. The molecular formula is C25H20FN9O. The quantitative estimate of drug-likeness (QED) is 0.250. The van der Waals surface area contributed by atoms with Crippen molar-refractivity contribution in [2.75, 3.05) is 12.4 Å². The molecule has 4 heterocycles. The van der Waals surface area contributed by atoms with E-state index in [0.29, 0.717) is 51.3 Å². The minimum atomic E-state index is -0.345. The highest BCUT2D eigenvalue weighted by molar-refractivity contribution is 6.03. The summed E-state index contributed by atoms with van der Waals surface area (Å²) in [5, 5.41) is 7.41. The van der Waals surface area contributed by atoms with Crippen molar-refractivity contribution in [2.24, 2.45) is 10.7 Å². The number of rotatable bonds is 6. The van der Waals surface area contributed by atoms with Gasteiger partial charge in [-0.05, 0) is 60.7 Å². The van der Waals surface area contributed by atoms with E-state index in [1.54, 1.807) is 78.7 Å². The van der Waals surface area contributed by atoms with Crippen LogP contribution < -0.4 is 11.1 Å². The van der Waals surface area contributed by atoms with Gasteiger partial charge in [-0.25, -0.2) is 18.9 Å². The highest BCUT2D eigenvalue weighted by atomic mass is 19.1. The molecule has 0 aliphatic rings. The first-order valence-corrected chi connectivity index (χ1v) is 10.8. The summed E-state index contributed by atoms with van der Waals surface area (Å²) in [6, 6.07) is 12.8. The molecule has 0 aliphatic carbocycles. The van der Waals surface area contributed by atoms with E-state index in [2.05, 4.69) is 35.3 Å². The van der Waals surface area contributed by atoms with E-state index in [1.807, 2.05) is 0 Å².